The van der Waals surface area contributed by atoms with Gasteiger partial charge in [0.15, 0.2) is 5.76 Å². The second kappa shape index (κ2) is 8.52. The van der Waals surface area contributed by atoms with Crippen LogP contribution in [0, 0.1) is 0 Å². The first-order valence-electron chi connectivity index (χ1n) is 9.54. The molecule has 0 spiro atoms. The van der Waals surface area contributed by atoms with Crippen molar-refractivity contribution in [3.8, 4) is 0 Å². The van der Waals surface area contributed by atoms with E-state index in [1.165, 1.54) is 0 Å². The van der Waals surface area contributed by atoms with E-state index in [4.69, 9.17) is 9.26 Å². The van der Waals surface area contributed by atoms with Crippen molar-refractivity contribution in [2.45, 2.75) is 64.6 Å². The Bertz CT molecular complexity index is 755. The van der Waals surface area contributed by atoms with Crippen LogP contribution in [0.5, 0.6) is 0 Å². The Hall–Kier alpha value is -2.41. The summed E-state index contributed by atoms with van der Waals surface area (Å²) < 4.78 is 11.0. The van der Waals surface area contributed by atoms with Crippen LogP contribution >= 0.6 is 0 Å². The van der Waals surface area contributed by atoms with Crippen molar-refractivity contribution in [3.63, 3.8) is 0 Å². The molecule has 2 aromatic rings. The Labute approximate surface area is 159 Å². The Balaban J connectivity index is 1.50. The first-order valence-corrected chi connectivity index (χ1v) is 9.54. The standard InChI is InChI=1S/C20H28N4O3/c1-4-5-15-10-17(27-24-15)13-22-19(25)14-6-7-18(21-12-14)23-16-8-9-26-20(2,3)11-16/h6-7,10,12,16H,4-5,8-9,11,13H2,1-3H3,(H,21,23)(H,22,25). The Morgan fingerprint density at radius 3 is 2.93 bits per heavy atom. The molecule has 3 rings (SSSR count). The predicted molar refractivity (Wildman–Crippen MR) is 103 cm³/mol. The van der Waals surface area contributed by atoms with Gasteiger partial charge in [0.05, 0.1) is 23.4 Å². The molecule has 146 valence electrons. The highest BCUT2D eigenvalue weighted by Crippen LogP contribution is 2.25. The van der Waals surface area contributed by atoms with E-state index in [0.29, 0.717) is 23.9 Å². The third-order valence-corrected chi connectivity index (χ3v) is 4.61. The van der Waals surface area contributed by atoms with Gasteiger partial charge in [-0.1, -0.05) is 18.5 Å². The first-order chi connectivity index (χ1) is 12.9. The number of anilines is 1. The van der Waals surface area contributed by atoms with Crippen LogP contribution in [0.3, 0.4) is 0 Å². The Kier molecular flexibility index (Phi) is 6.11. The molecule has 1 atom stereocenters. The minimum Gasteiger partial charge on any atom is -0.375 e. The highest BCUT2D eigenvalue weighted by atomic mass is 16.5. The number of pyridine rings is 1. The van der Waals surface area contributed by atoms with Crippen LogP contribution in [0.25, 0.3) is 0 Å². The summed E-state index contributed by atoms with van der Waals surface area (Å²) in [6, 6.07) is 5.82. The maximum atomic E-state index is 12.3. The number of aromatic nitrogens is 2. The normalized spacial score (nSPS) is 18.9. The second-order valence-electron chi connectivity index (χ2n) is 7.59. The fourth-order valence-electron chi connectivity index (χ4n) is 3.26. The number of ether oxygens (including phenoxy) is 1. The number of amides is 1. The minimum atomic E-state index is -0.185. The van der Waals surface area contributed by atoms with Gasteiger partial charge in [-0.05, 0) is 45.2 Å². The van der Waals surface area contributed by atoms with E-state index < -0.39 is 0 Å². The molecule has 7 heteroatoms. The van der Waals surface area contributed by atoms with Crippen molar-refractivity contribution in [2.24, 2.45) is 0 Å². The van der Waals surface area contributed by atoms with Crippen LogP contribution in [-0.4, -0.2) is 34.3 Å². The third kappa shape index (κ3) is 5.53. The summed E-state index contributed by atoms with van der Waals surface area (Å²) in [6.45, 7) is 7.34. The number of rotatable bonds is 7. The van der Waals surface area contributed by atoms with Gasteiger partial charge in [-0.2, -0.15) is 0 Å². The summed E-state index contributed by atoms with van der Waals surface area (Å²) in [5, 5.41) is 10.2. The molecular weight excluding hydrogens is 344 g/mol. The molecule has 7 nitrogen and oxygen atoms in total. The zero-order chi connectivity index (χ0) is 19.3. The summed E-state index contributed by atoms with van der Waals surface area (Å²) in [5.41, 5.74) is 1.31. The molecule has 2 N–H and O–H groups in total. The minimum absolute atomic E-state index is 0.118. The van der Waals surface area contributed by atoms with Gasteiger partial charge in [-0.15, -0.1) is 0 Å². The quantitative estimate of drug-likeness (QED) is 0.775. The Morgan fingerprint density at radius 1 is 1.37 bits per heavy atom. The van der Waals surface area contributed by atoms with Gasteiger partial charge in [0.2, 0.25) is 0 Å². The summed E-state index contributed by atoms with van der Waals surface area (Å²) in [4.78, 5) is 16.7. The summed E-state index contributed by atoms with van der Waals surface area (Å²) >= 11 is 0. The first kappa shape index (κ1) is 19.4. The van der Waals surface area contributed by atoms with Crippen molar-refractivity contribution in [1.29, 1.82) is 0 Å². The van der Waals surface area contributed by atoms with Crippen LogP contribution in [0.15, 0.2) is 28.9 Å². The molecule has 1 fully saturated rings. The molecule has 1 aliphatic heterocycles. The van der Waals surface area contributed by atoms with Gasteiger partial charge < -0.3 is 19.9 Å². The van der Waals surface area contributed by atoms with Crippen LogP contribution in [-0.2, 0) is 17.7 Å². The van der Waals surface area contributed by atoms with Gasteiger partial charge >= 0.3 is 0 Å². The molecule has 1 unspecified atom stereocenters. The lowest BCUT2D eigenvalue weighted by atomic mass is 9.94. The van der Waals surface area contributed by atoms with Crippen molar-refractivity contribution >= 4 is 11.7 Å². The van der Waals surface area contributed by atoms with Gasteiger partial charge in [-0.25, -0.2) is 4.98 Å². The van der Waals surface area contributed by atoms with Crippen LogP contribution < -0.4 is 10.6 Å². The monoisotopic (exact) mass is 372 g/mol. The van der Waals surface area contributed by atoms with Crippen molar-refractivity contribution < 1.29 is 14.1 Å². The highest BCUT2D eigenvalue weighted by molar-refractivity contribution is 5.93. The molecule has 0 bridgehead atoms. The molecule has 0 radical (unpaired) electrons. The van der Waals surface area contributed by atoms with Gasteiger partial charge in [-0.3, -0.25) is 4.79 Å². The fraction of sp³-hybridized carbons (Fsp3) is 0.550. The van der Waals surface area contributed by atoms with E-state index >= 15 is 0 Å². The summed E-state index contributed by atoms with van der Waals surface area (Å²) in [7, 11) is 0. The zero-order valence-electron chi connectivity index (χ0n) is 16.2. The molecule has 1 aliphatic rings. The van der Waals surface area contributed by atoms with Gasteiger partial charge in [0.1, 0.15) is 5.82 Å². The van der Waals surface area contributed by atoms with E-state index in [1.54, 1.807) is 12.3 Å². The SMILES string of the molecule is CCCc1cc(CNC(=O)c2ccc(NC3CCOC(C)(C)C3)nc2)on1. The fourth-order valence-corrected chi connectivity index (χ4v) is 3.26. The van der Waals surface area contributed by atoms with Crippen LogP contribution in [0.1, 0.15) is 61.8 Å². The van der Waals surface area contributed by atoms with Crippen LogP contribution in [0.4, 0.5) is 5.82 Å². The average Bonchev–Trinajstić information content (AvgIpc) is 3.07. The lowest BCUT2D eigenvalue weighted by molar-refractivity contribution is -0.0553. The number of hydrogen-bond acceptors (Lipinski definition) is 6. The van der Waals surface area contributed by atoms with Crippen molar-refractivity contribution in [1.82, 2.24) is 15.5 Å². The summed E-state index contributed by atoms with van der Waals surface area (Å²) in [5.74, 6) is 1.24. The molecule has 0 aliphatic carbocycles. The van der Waals surface area contributed by atoms with E-state index in [0.717, 1.165) is 43.8 Å². The maximum Gasteiger partial charge on any atom is 0.253 e. The topological polar surface area (TPSA) is 89.3 Å². The average molecular weight is 372 g/mol. The molecule has 27 heavy (non-hydrogen) atoms. The highest BCUT2D eigenvalue weighted by Gasteiger charge is 2.28. The number of hydrogen-bond donors (Lipinski definition) is 2. The summed E-state index contributed by atoms with van der Waals surface area (Å²) in [6.07, 6.45) is 5.35. The Morgan fingerprint density at radius 2 is 2.22 bits per heavy atom. The second-order valence-corrected chi connectivity index (χ2v) is 7.59. The largest absolute Gasteiger partial charge is 0.375 e. The lowest BCUT2D eigenvalue weighted by Crippen LogP contribution is -2.40. The number of aryl methyl sites for hydroxylation is 1. The smallest absolute Gasteiger partial charge is 0.253 e. The molecule has 0 saturated carbocycles. The number of nitrogens with zero attached hydrogens (tertiary/aromatic N) is 2. The zero-order valence-corrected chi connectivity index (χ0v) is 16.2. The third-order valence-electron chi connectivity index (χ3n) is 4.61. The molecule has 1 amide bonds. The maximum absolute atomic E-state index is 12.3. The number of carbonyl (C=O) groups excluding carboxylic acids is 1. The van der Waals surface area contributed by atoms with Gasteiger partial charge in [0.25, 0.3) is 5.91 Å². The molecule has 3 heterocycles. The van der Waals surface area contributed by atoms with Crippen molar-refractivity contribution in [3.05, 3.63) is 41.4 Å². The van der Waals surface area contributed by atoms with Gasteiger partial charge in [0, 0.05) is 24.9 Å². The van der Waals surface area contributed by atoms with E-state index in [1.807, 2.05) is 12.1 Å². The van der Waals surface area contributed by atoms with E-state index in [9.17, 15) is 4.79 Å². The van der Waals surface area contributed by atoms with Crippen molar-refractivity contribution in [2.75, 3.05) is 11.9 Å². The number of nitrogens with one attached hydrogen (secondary N) is 2. The molecular formula is C20H28N4O3. The molecule has 1 saturated heterocycles. The van der Waals surface area contributed by atoms with E-state index in [2.05, 4.69) is 41.5 Å². The predicted octanol–water partition coefficient (Wildman–Crippen LogP) is 3.32. The molecule has 0 aromatic carbocycles. The van der Waals surface area contributed by atoms with Crippen LogP contribution in [0.2, 0.25) is 0 Å². The lowest BCUT2D eigenvalue weighted by Gasteiger charge is -2.36. The molecule has 2 aromatic heterocycles. The van der Waals surface area contributed by atoms with E-state index in [-0.39, 0.29) is 11.5 Å². The number of carbonyl (C=O) groups is 1.